The largest absolute Gasteiger partial charge is 0.293 e. The van der Waals surface area contributed by atoms with Gasteiger partial charge in [-0.05, 0) is 34.7 Å². The summed E-state index contributed by atoms with van der Waals surface area (Å²) < 4.78 is 25.0. The zero-order valence-corrected chi connectivity index (χ0v) is 12.0. The molecule has 0 aliphatic rings. The van der Waals surface area contributed by atoms with Gasteiger partial charge >= 0.3 is 0 Å². The Morgan fingerprint density at radius 1 is 1.47 bits per heavy atom. The van der Waals surface area contributed by atoms with Crippen molar-refractivity contribution in [1.82, 2.24) is 5.43 Å². The van der Waals surface area contributed by atoms with Crippen LogP contribution < -0.4 is 15.6 Å². The molecule has 17 heavy (non-hydrogen) atoms. The molecule has 0 radical (unpaired) electrons. The summed E-state index contributed by atoms with van der Waals surface area (Å²) in [5.41, 5.74) is 2.37. The number of hydrogen-bond acceptors (Lipinski definition) is 4. The molecule has 0 atom stereocenters. The number of halogens is 1. The fraction of sp³-hybridized carbons (Fsp3) is 0.222. The van der Waals surface area contributed by atoms with E-state index in [-0.39, 0.29) is 6.54 Å². The Labute approximate surface area is 113 Å². The minimum absolute atomic E-state index is 0.338. The van der Waals surface area contributed by atoms with Crippen LogP contribution in [0.4, 0.5) is 5.69 Å². The number of hydrazine groups is 1. The minimum Gasteiger partial charge on any atom is -0.293 e. The van der Waals surface area contributed by atoms with Gasteiger partial charge in [0.2, 0.25) is 10.0 Å². The Morgan fingerprint density at radius 3 is 2.53 bits per heavy atom. The minimum atomic E-state index is -3.53. The van der Waals surface area contributed by atoms with Gasteiger partial charge in [0, 0.05) is 3.57 Å². The molecule has 1 rings (SSSR count). The summed E-state index contributed by atoms with van der Waals surface area (Å²) in [7, 11) is -3.53. The second-order valence-electron chi connectivity index (χ2n) is 3.29. The van der Waals surface area contributed by atoms with Crippen molar-refractivity contribution in [3.8, 4) is 0 Å². The smallest absolute Gasteiger partial charge is 0.254 e. The molecule has 0 saturated heterocycles. The topological polar surface area (TPSA) is 92.5 Å². The number of benzene rings is 1. The maximum atomic E-state index is 11.6. The third kappa shape index (κ3) is 3.82. The average Bonchev–Trinajstić information content (AvgIpc) is 2.25. The first-order chi connectivity index (χ1) is 7.86. The lowest BCUT2D eigenvalue weighted by Gasteiger charge is -2.22. The van der Waals surface area contributed by atoms with Crippen molar-refractivity contribution in [3.63, 3.8) is 0 Å². The van der Waals surface area contributed by atoms with Gasteiger partial charge in [0.1, 0.15) is 6.54 Å². The number of carbonyl (C=O) groups is 1. The lowest BCUT2D eigenvalue weighted by atomic mass is 10.3. The van der Waals surface area contributed by atoms with Crippen LogP contribution in [-0.4, -0.2) is 27.1 Å². The fourth-order valence-electron chi connectivity index (χ4n) is 1.21. The molecule has 0 bridgehead atoms. The third-order valence-electron chi connectivity index (χ3n) is 1.97. The van der Waals surface area contributed by atoms with E-state index >= 15 is 0 Å². The van der Waals surface area contributed by atoms with Crippen LogP contribution in [0, 0.1) is 3.57 Å². The summed E-state index contributed by atoms with van der Waals surface area (Å²) in [5, 5.41) is 0. The van der Waals surface area contributed by atoms with Crippen molar-refractivity contribution in [1.29, 1.82) is 0 Å². The molecule has 94 valence electrons. The predicted molar refractivity (Wildman–Crippen MR) is 73.7 cm³/mol. The number of hydrogen-bond donors (Lipinski definition) is 2. The Kier molecular flexibility index (Phi) is 4.71. The SMILES string of the molecule is CS(=O)(=O)N(CC(=O)NN)c1ccccc1I. The average molecular weight is 369 g/mol. The van der Waals surface area contributed by atoms with Crippen LogP contribution in [0.15, 0.2) is 24.3 Å². The molecular formula is C9H12IN3O3S. The summed E-state index contributed by atoms with van der Waals surface area (Å²) in [6, 6.07) is 6.88. The highest BCUT2D eigenvalue weighted by Gasteiger charge is 2.21. The lowest BCUT2D eigenvalue weighted by molar-refractivity contribution is -0.119. The van der Waals surface area contributed by atoms with E-state index in [1.807, 2.05) is 28.0 Å². The highest BCUT2D eigenvalue weighted by Crippen LogP contribution is 2.23. The van der Waals surface area contributed by atoms with Gasteiger partial charge in [-0.3, -0.25) is 14.5 Å². The first-order valence-corrected chi connectivity index (χ1v) is 7.50. The molecule has 0 heterocycles. The molecule has 0 aliphatic heterocycles. The van der Waals surface area contributed by atoms with E-state index < -0.39 is 15.9 Å². The first kappa shape index (κ1) is 14.2. The molecule has 8 heteroatoms. The van der Waals surface area contributed by atoms with Gasteiger partial charge in [-0.2, -0.15) is 0 Å². The van der Waals surface area contributed by atoms with Crippen molar-refractivity contribution < 1.29 is 13.2 Å². The van der Waals surface area contributed by atoms with Crippen molar-refractivity contribution in [2.75, 3.05) is 17.1 Å². The van der Waals surface area contributed by atoms with Crippen molar-refractivity contribution in [3.05, 3.63) is 27.8 Å². The standard InChI is InChI=1S/C9H12IN3O3S/c1-17(15,16)13(6-9(14)12-11)8-5-3-2-4-7(8)10/h2-5H,6,11H2,1H3,(H,12,14). The summed E-state index contributed by atoms with van der Waals surface area (Å²) in [6.45, 7) is -0.338. The van der Waals surface area contributed by atoms with Crippen LogP contribution in [0.1, 0.15) is 0 Å². The van der Waals surface area contributed by atoms with E-state index in [1.165, 1.54) is 0 Å². The van der Waals surface area contributed by atoms with E-state index in [1.54, 1.807) is 24.3 Å². The number of rotatable bonds is 4. The van der Waals surface area contributed by atoms with Crippen LogP contribution in [0.25, 0.3) is 0 Å². The van der Waals surface area contributed by atoms with Crippen molar-refractivity contribution >= 4 is 44.2 Å². The zero-order chi connectivity index (χ0) is 13.1. The fourth-order valence-corrected chi connectivity index (χ4v) is 2.92. The molecule has 0 unspecified atom stereocenters. The van der Waals surface area contributed by atoms with Crippen LogP contribution >= 0.6 is 22.6 Å². The summed E-state index contributed by atoms with van der Waals surface area (Å²) in [6.07, 6.45) is 1.04. The van der Waals surface area contributed by atoms with E-state index in [9.17, 15) is 13.2 Å². The van der Waals surface area contributed by atoms with E-state index in [0.717, 1.165) is 14.1 Å². The van der Waals surface area contributed by atoms with Crippen LogP contribution in [0.3, 0.4) is 0 Å². The van der Waals surface area contributed by atoms with Gasteiger partial charge in [0.25, 0.3) is 5.91 Å². The third-order valence-corrected chi connectivity index (χ3v) is 4.01. The monoisotopic (exact) mass is 369 g/mol. The Balaban J connectivity index is 3.17. The first-order valence-electron chi connectivity index (χ1n) is 4.58. The number of carbonyl (C=O) groups excluding carboxylic acids is 1. The zero-order valence-electron chi connectivity index (χ0n) is 9.05. The molecular weight excluding hydrogens is 357 g/mol. The number of amides is 1. The second-order valence-corrected chi connectivity index (χ2v) is 6.36. The van der Waals surface area contributed by atoms with E-state index in [2.05, 4.69) is 0 Å². The summed E-state index contributed by atoms with van der Waals surface area (Å²) in [4.78, 5) is 11.2. The van der Waals surface area contributed by atoms with Gasteiger partial charge in [-0.25, -0.2) is 14.3 Å². The molecule has 1 amide bonds. The number of nitrogens with two attached hydrogens (primary N) is 1. The van der Waals surface area contributed by atoms with E-state index in [4.69, 9.17) is 5.84 Å². The Hall–Kier alpha value is -0.870. The van der Waals surface area contributed by atoms with Crippen LogP contribution in [0.2, 0.25) is 0 Å². The normalized spacial score (nSPS) is 11.0. The lowest BCUT2D eigenvalue weighted by Crippen LogP contribution is -2.43. The molecule has 1 aromatic rings. The molecule has 6 nitrogen and oxygen atoms in total. The molecule has 1 aromatic carbocycles. The van der Waals surface area contributed by atoms with Gasteiger partial charge in [0.15, 0.2) is 0 Å². The number of nitrogens with zero attached hydrogens (tertiary/aromatic N) is 1. The highest BCUT2D eigenvalue weighted by atomic mass is 127. The molecule has 0 aromatic heterocycles. The quantitative estimate of drug-likeness (QED) is 0.340. The van der Waals surface area contributed by atoms with E-state index in [0.29, 0.717) is 5.69 Å². The maximum absolute atomic E-state index is 11.6. The Morgan fingerprint density at radius 2 is 2.06 bits per heavy atom. The molecule has 0 saturated carbocycles. The van der Waals surface area contributed by atoms with Crippen LogP contribution in [0.5, 0.6) is 0 Å². The predicted octanol–water partition coefficient (Wildman–Crippen LogP) is 0.0471. The molecule has 0 spiro atoms. The number of anilines is 1. The van der Waals surface area contributed by atoms with Crippen LogP contribution in [-0.2, 0) is 14.8 Å². The number of sulfonamides is 1. The number of nitrogens with one attached hydrogen (secondary N) is 1. The van der Waals surface area contributed by atoms with Gasteiger partial charge in [-0.15, -0.1) is 0 Å². The van der Waals surface area contributed by atoms with Crippen molar-refractivity contribution in [2.45, 2.75) is 0 Å². The maximum Gasteiger partial charge on any atom is 0.254 e. The molecule has 0 aliphatic carbocycles. The van der Waals surface area contributed by atoms with Gasteiger partial charge < -0.3 is 0 Å². The van der Waals surface area contributed by atoms with Crippen molar-refractivity contribution in [2.24, 2.45) is 5.84 Å². The van der Waals surface area contributed by atoms with Gasteiger partial charge in [0.05, 0.1) is 11.9 Å². The molecule has 0 fully saturated rings. The second kappa shape index (κ2) is 5.65. The summed E-state index contributed by atoms with van der Waals surface area (Å²) >= 11 is 2.01. The molecule has 3 N–H and O–H groups in total. The Bertz CT molecular complexity index is 518. The van der Waals surface area contributed by atoms with Gasteiger partial charge in [-0.1, -0.05) is 12.1 Å². The summed E-state index contributed by atoms with van der Waals surface area (Å²) in [5.74, 6) is 4.38. The number of para-hydroxylation sites is 1. The highest BCUT2D eigenvalue weighted by molar-refractivity contribution is 14.1.